The fourth-order valence-corrected chi connectivity index (χ4v) is 4.10. The third-order valence-corrected chi connectivity index (χ3v) is 6.23. The van der Waals surface area contributed by atoms with E-state index in [0.29, 0.717) is 47.7 Å². The van der Waals surface area contributed by atoms with E-state index in [-0.39, 0.29) is 5.91 Å². The van der Waals surface area contributed by atoms with E-state index in [1.54, 1.807) is 44.8 Å². The van der Waals surface area contributed by atoms with Gasteiger partial charge in [0.2, 0.25) is 11.9 Å². The van der Waals surface area contributed by atoms with Crippen molar-refractivity contribution in [1.29, 1.82) is 0 Å². The summed E-state index contributed by atoms with van der Waals surface area (Å²) in [4.78, 5) is 41.7. The highest BCUT2D eigenvalue weighted by atomic mass is 16.6. The molecule has 2 amide bonds. The summed E-state index contributed by atoms with van der Waals surface area (Å²) < 4.78 is 13.0. The van der Waals surface area contributed by atoms with Gasteiger partial charge in [-0.3, -0.25) is 9.36 Å². The van der Waals surface area contributed by atoms with E-state index in [0.717, 1.165) is 11.0 Å². The highest BCUT2D eigenvalue weighted by Crippen LogP contribution is 2.38. The van der Waals surface area contributed by atoms with Crippen LogP contribution < -0.4 is 20.3 Å². The lowest BCUT2D eigenvalue weighted by atomic mass is 10.2. The molecule has 0 aliphatic carbocycles. The fourth-order valence-electron chi connectivity index (χ4n) is 4.10. The molecule has 42 heavy (non-hydrogen) atoms. The summed E-state index contributed by atoms with van der Waals surface area (Å²) in [6, 6.07) is 11.2. The minimum Gasteiger partial charge on any atom is -0.494 e. The van der Waals surface area contributed by atoms with Crippen molar-refractivity contribution in [2.75, 3.05) is 49.8 Å². The Morgan fingerprint density at radius 3 is 2.57 bits per heavy atom. The van der Waals surface area contributed by atoms with Crippen molar-refractivity contribution in [1.82, 2.24) is 24.4 Å². The summed E-state index contributed by atoms with van der Waals surface area (Å²) in [5.41, 5.74) is 1.89. The minimum atomic E-state index is -0.592. The number of nitrogens with one attached hydrogen (secondary N) is 2. The monoisotopic (exact) mass is 572 g/mol. The highest BCUT2D eigenvalue weighted by molar-refractivity contribution is 6.02. The van der Waals surface area contributed by atoms with Gasteiger partial charge in [-0.05, 0) is 57.2 Å². The predicted molar refractivity (Wildman–Crippen MR) is 164 cm³/mol. The Morgan fingerprint density at radius 2 is 1.86 bits per heavy atom. The molecule has 0 spiro atoms. The number of ether oxygens (including phenoxy) is 2. The molecular weight excluding hydrogens is 536 g/mol. The number of likely N-dealkylation sites (N-methyl/N-ethyl adjacent to an activating group) is 2. The average Bonchev–Trinajstić information content (AvgIpc) is 3.39. The maximum Gasteiger partial charge on any atom is 0.410 e. The number of hydrogen-bond donors (Lipinski definition) is 2. The number of fused-ring (bicyclic) bond motifs is 1. The van der Waals surface area contributed by atoms with Crippen molar-refractivity contribution in [2.24, 2.45) is 0 Å². The highest BCUT2D eigenvalue weighted by Gasteiger charge is 2.21. The van der Waals surface area contributed by atoms with Gasteiger partial charge in [-0.25, -0.2) is 14.8 Å². The van der Waals surface area contributed by atoms with Crippen LogP contribution in [-0.2, 0) is 9.53 Å². The van der Waals surface area contributed by atoms with Crippen molar-refractivity contribution in [3.8, 4) is 11.6 Å². The van der Waals surface area contributed by atoms with Crippen LogP contribution >= 0.6 is 0 Å². The smallest absolute Gasteiger partial charge is 0.410 e. The van der Waals surface area contributed by atoms with Crippen molar-refractivity contribution in [2.45, 2.75) is 26.4 Å². The molecule has 12 nitrogen and oxygen atoms in total. The lowest BCUT2D eigenvalue weighted by Gasteiger charge is -2.28. The summed E-state index contributed by atoms with van der Waals surface area (Å²) >= 11 is 0. The van der Waals surface area contributed by atoms with Crippen molar-refractivity contribution in [3.63, 3.8) is 0 Å². The number of benzene rings is 1. The Balaban J connectivity index is 1.61. The number of amides is 2. The number of rotatable bonds is 10. The molecule has 220 valence electrons. The second-order valence-corrected chi connectivity index (χ2v) is 10.6. The molecule has 0 aliphatic rings. The lowest BCUT2D eigenvalue weighted by molar-refractivity contribution is -0.111. The number of anilines is 4. The molecule has 2 N–H and O–H groups in total. The second-order valence-electron chi connectivity index (χ2n) is 10.6. The van der Waals surface area contributed by atoms with Gasteiger partial charge in [0.15, 0.2) is 0 Å². The lowest BCUT2D eigenvalue weighted by Crippen LogP contribution is -2.38. The van der Waals surface area contributed by atoms with Crippen LogP contribution in [0.3, 0.4) is 0 Å². The topological polar surface area (TPSA) is 127 Å². The molecule has 0 radical (unpaired) electrons. The number of carbonyl (C=O) groups is 2. The van der Waals surface area contributed by atoms with E-state index < -0.39 is 11.7 Å². The summed E-state index contributed by atoms with van der Waals surface area (Å²) in [7, 11) is 5.09. The molecule has 0 aliphatic heterocycles. The first-order chi connectivity index (χ1) is 20.0. The predicted octanol–water partition coefficient (Wildman–Crippen LogP) is 5.00. The molecule has 12 heteroatoms. The average molecular weight is 573 g/mol. The molecule has 0 atom stereocenters. The zero-order valence-corrected chi connectivity index (χ0v) is 24.7. The quantitative estimate of drug-likeness (QED) is 0.253. The summed E-state index contributed by atoms with van der Waals surface area (Å²) in [5, 5.41) is 7.07. The Kier molecular flexibility index (Phi) is 8.94. The number of carbonyl (C=O) groups excluding carboxylic acids is 2. The third kappa shape index (κ3) is 7.14. The van der Waals surface area contributed by atoms with Crippen LogP contribution in [0.2, 0.25) is 0 Å². The van der Waals surface area contributed by atoms with Gasteiger partial charge in [0.05, 0.1) is 24.2 Å². The first kappa shape index (κ1) is 29.8. The van der Waals surface area contributed by atoms with Gasteiger partial charge >= 0.3 is 6.09 Å². The Bertz CT molecular complexity index is 1590. The van der Waals surface area contributed by atoms with Gasteiger partial charge in [0, 0.05) is 57.2 Å². The van der Waals surface area contributed by atoms with Crippen LogP contribution in [0.1, 0.15) is 20.8 Å². The van der Waals surface area contributed by atoms with Crippen molar-refractivity contribution >= 4 is 46.0 Å². The number of hydrogen-bond acceptors (Lipinski definition) is 9. The number of methoxy groups -OCH3 is 1. The van der Waals surface area contributed by atoms with Gasteiger partial charge in [-0.15, -0.1) is 0 Å². The SMILES string of the molecule is C=CC(=O)Nc1cc(Nc2nccc(-n3ccc4cccnc43)n2)c(OC)cc1N(C)CCN(C)C(=O)OC(C)(C)C. The van der Waals surface area contributed by atoms with Crippen LogP contribution in [0.5, 0.6) is 5.75 Å². The largest absolute Gasteiger partial charge is 0.494 e. The van der Waals surface area contributed by atoms with Crippen molar-refractivity contribution in [3.05, 3.63) is 67.6 Å². The second kappa shape index (κ2) is 12.6. The van der Waals surface area contributed by atoms with Crippen LogP contribution in [0.15, 0.2) is 67.6 Å². The molecule has 4 aromatic rings. The zero-order valence-electron chi connectivity index (χ0n) is 24.7. The number of nitrogens with zero attached hydrogens (tertiary/aromatic N) is 6. The molecule has 3 heterocycles. The molecule has 0 saturated heterocycles. The van der Waals surface area contributed by atoms with Crippen LogP contribution in [-0.4, -0.2) is 76.3 Å². The minimum absolute atomic E-state index is 0.324. The summed E-state index contributed by atoms with van der Waals surface area (Å²) in [6.45, 7) is 9.86. The summed E-state index contributed by atoms with van der Waals surface area (Å²) in [5.74, 6) is 1.07. The molecular formula is C30H36N8O4. The van der Waals surface area contributed by atoms with Crippen LogP contribution in [0, 0.1) is 0 Å². The molecule has 0 saturated carbocycles. The Morgan fingerprint density at radius 1 is 1.07 bits per heavy atom. The molecule has 0 fully saturated rings. The maximum atomic E-state index is 12.4. The zero-order chi connectivity index (χ0) is 30.4. The van der Waals surface area contributed by atoms with Gasteiger partial charge < -0.3 is 29.9 Å². The molecule has 3 aromatic heterocycles. The van der Waals surface area contributed by atoms with Crippen LogP contribution in [0.4, 0.5) is 27.8 Å². The van der Waals surface area contributed by atoms with Gasteiger partial charge in [0.25, 0.3) is 0 Å². The van der Waals surface area contributed by atoms with E-state index in [9.17, 15) is 9.59 Å². The number of aromatic nitrogens is 4. The van der Waals surface area contributed by atoms with Gasteiger partial charge in [0.1, 0.15) is 22.8 Å². The van der Waals surface area contributed by atoms with Gasteiger partial charge in [-0.2, -0.15) is 4.98 Å². The first-order valence-corrected chi connectivity index (χ1v) is 13.3. The number of pyridine rings is 1. The standard InChI is InChI=1S/C30H36N8O4/c1-8-26(39)33-21-18-22(24(41-7)19-23(21)36(5)16-17-37(6)29(40)42-30(2,3)4)34-28-32-14-11-25(35-28)38-15-12-20-10-9-13-31-27(20)38/h8-15,18-19H,1,16-17H2,2-7H3,(H,33,39)(H,32,34,35). The first-order valence-electron chi connectivity index (χ1n) is 13.3. The maximum absolute atomic E-state index is 12.4. The van der Waals surface area contributed by atoms with Crippen LogP contribution in [0.25, 0.3) is 16.9 Å². The van der Waals surface area contributed by atoms with E-state index in [1.165, 1.54) is 11.0 Å². The Labute approximate surface area is 245 Å². The van der Waals surface area contributed by atoms with Crippen molar-refractivity contribution < 1.29 is 19.1 Å². The van der Waals surface area contributed by atoms with E-state index in [1.807, 2.05) is 61.7 Å². The van der Waals surface area contributed by atoms with E-state index in [4.69, 9.17) is 9.47 Å². The third-order valence-electron chi connectivity index (χ3n) is 6.23. The fraction of sp³-hybridized carbons (Fsp3) is 0.300. The van der Waals surface area contributed by atoms with E-state index >= 15 is 0 Å². The normalized spacial score (nSPS) is 11.1. The molecule has 0 bridgehead atoms. The Hall–Kier alpha value is -5.13. The van der Waals surface area contributed by atoms with Gasteiger partial charge in [-0.1, -0.05) is 6.58 Å². The molecule has 1 aromatic carbocycles. The summed E-state index contributed by atoms with van der Waals surface area (Å²) in [6.07, 6.45) is 6.06. The molecule has 4 rings (SSSR count). The molecule has 0 unspecified atom stereocenters. The van der Waals surface area contributed by atoms with E-state index in [2.05, 4.69) is 32.2 Å².